The van der Waals surface area contributed by atoms with Crippen LogP contribution in [0.5, 0.6) is 0 Å². The van der Waals surface area contributed by atoms with Gasteiger partial charge in [-0.2, -0.15) is 11.8 Å². The van der Waals surface area contributed by atoms with E-state index in [4.69, 9.17) is 9.72 Å². The number of ether oxygens (including phenoxy) is 1. The first-order chi connectivity index (χ1) is 19.6. The number of aromatic nitrogens is 2. The lowest BCUT2D eigenvalue weighted by Crippen LogP contribution is -2.44. The monoisotopic (exact) mass is 581 g/mol. The van der Waals surface area contributed by atoms with Gasteiger partial charge in [-0.25, -0.2) is 14.2 Å². The number of hydrogen-bond donors (Lipinski definition) is 2. The number of amides is 1. The number of carbonyl (C=O) groups excluding carboxylic acids is 2. The van der Waals surface area contributed by atoms with E-state index in [1.807, 2.05) is 4.90 Å². The van der Waals surface area contributed by atoms with Gasteiger partial charge in [0.25, 0.3) is 5.56 Å². The lowest BCUT2D eigenvalue weighted by molar-refractivity contribution is -0.172. The van der Waals surface area contributed by atoms with Gasteiger partial charge >= 0.3 is 5.97 Å². The van der Waals surface area contributed by atoms with Gasteiger partial charge in [0.1, 0.15) is 12.4 Å². The van der Waals surface area contributed by atoms with Crippen LogP contribution in [0.4, 0.5) is 4.39 Å². The second-order valence-electron chi connectivity index (χ2n) is 10.9. The number of aliphatic hydroxyl groups is 2. The van der Waals surface area contributed by atoms with Gasteiger partial charge in [0.15, 0.2) is 5.60 Å². The topological polar surface area (TPSA) is 122 Å². The fourth-order valence-corrected chi connectivity index (χ4v) is 7.36. The quantitative estimate of drug-likeness (QED) is 0.252. The summed E-state index contributed by atoms with van der Waals surface area (Å²) in [5, 5.41) is 21.2. The molecule has 0 saturated heterocycles. The molecule has 0 unspecified atom stereocenters. The Kier molecular flexibility index (Phi) is 6.94. The Morgan fingerprint density at radius 2 is 2.05 bits per heavy atom. The molecule has 3 aliphatic rings. The van der Waals surface area contributed by atoms with E-state index in [9.17, 15) is 24.6 Å². The Hall–Kier alpha value is -3.28. The average molecular weight is 582 g/mol. The first-order valence-corrected chi connectivity index (χ1v) is 15.0. The van der Waals surface area contributed by atoms with Crippen molar-refractivity contribution in [1.82, 2.24) is 14.5 Å². The summed E-state index contributed by atoms with van der Waals surface area (Å²) < 4.78 is 21.9. The van der Waals surface area contributed by atoms with Crippen LogP contribution < -0.4 is 5.56 Å². The molecule has 1 aromatic carbocycles. The van der Waals surface area contributed by atoms with E-state index in [1.54, 1.807) is 36.2 Å². The Morgan fingerprint density at radius 3 is 2.76 bits per heavy atom. The van der Waals surface area contributed by atoms with Gasteiger partial charge < -0.3 is 24.4 Å². The van der Waals surface area contributed by atoms with E-state index in [0.717, 1.165) is 22.1 Å². The van der Waals surface area contributed by atoms with Crippen molar-refractivity contribution in [2.75, 3.05) is 24.7 Å². The molecule has 11 heteroatoms. The molecule has 2 atom stereocenters. The molecule has 9 nitrogen and oxygen atoms in total. The summed E-state index contributed by atoms with van der Waals surface area (Å²) in [6.07, 6.45) is 1.20. The van der Waals surface area contributed by atoms with Gasteiger partial charge in [-0.3, -0.25) is 9.59 Å². The van der Waals surface area contributed by atoms with Gasteiger partial charge in [-0.05, 0) is 48.9 Å². The molecule has 216 valence electrons. The molecule has 0 radical (unpaired) electrons. The Balaban J connectivity index is 1.59. The lowest BCUT2D eigenvalue weighted by atomic mass is 9.81. The summed E-state index contributed by atoms with van der Waals surface area (Å²) in [6.45, 7) is 5.45. The van der Waals surface area contributed by atoms with Crippen molar-refractivity contribution in [2.45, 2.75) is 64.8 Å². The zero-order chi connectivity index (χ0) is 29.2. The van der Waals surface area contributed by atoms with E-state index in [2.05, 4.69) is 0 Å². The Morgan fingerprint density at radius 1 is 1.27 bits per heavy atom. The van der Waals surface area contributed by atoms with Crippen molar-refractivity contribution in [1.29, 1.82) is 0 Å². The minimum Gasteiger partial charge on any atom is -0.458 e. The molecule has 41 heavy (non-hydrogen) atoms. The van der Waals surface area contributed by atoms with Gasteiger partial charge in [0.2, 0.25) is 5.91 Å². The number of rotatable bonds is 7. The SMILES string of the molecule is CC[C@@]1(O)C(=O)OCc2c1cc1n(c2=O)Cc2c-1nc1cc(F)c(C)c3c1c2[C@@H](N(CCSCCO)C(C)=O)CC3. The molecule has 0 fully saturated rings. The number of cyclic esters (lactones) is 1. The molecular weight excluding hydrogens is 549 g/mol. The molecule has 0 saturated carbocycles. The number of benzene rings is 1. The standard InChI is InChI=1S/C30H32FN3O6S/c1-4-30(39)20-11-24-27-18(13-34(24)28(37)19(20)14-40-29(30)38)26-23(33(16(3)36)7-9-41-10-8-35)6-5-17-15(2)21(31)12-22(32-27)25(17)26/h11-12,23,35,39H,4-10,13-14H2,1-3H3/t23-,30-/m0/s1. The van der Waals surface area contributed by atoms with E-state index < -0.39 is 11.6 Å². The second-order valence-corrected chi connectivity index (χ2v) is 12.1. The number of hydrogen-bond acceptors (Lipinski definition) is 8. The minimum absolute atomic E-state index is 0.0305. The van der Waals surface area contributed by atoms with Crippen LogP contribution in [0.3, 0.4) is 0 Å². The third kappa shape index (κ3) is 4.11. The van der Waals surface area contributed by atoms with Crippen molar-refractivity contribution in [3.63, 3.8) is 0 Å². The molecule has 6 rings (SSSR count). The molecule has 2 aliphatic heterocycles. The first kappa shape index (κ1) is 27.9. The number of thioether (sulfide) groups is 1. The number of halogens is 1. The smallest absolute Gasteiger partial charge is 0.343 e. The zero-order valence-corrected chi connectivity index (χ0v) is 24.1. The largest absolute Gasteiger partial charge is 0.458 e. The zero-order valence-electron chi connectivity index (χ0n) is 23.3. The Bertz CT molecular complexity index is 1690. The summed E-state index contributed by atoms with van der Waals surface area (Å²) in [5.41, 5.74) is 2.59. The number of esters is 1. The van der Waals surface area contributed by atoms with E-state index in [0.29, 0.717) is 53.4 Å². The highest BCUT2D eigenvalue weighted by atomic mass is 32.2. The lowest BCUT2D eigenvalue weighted by Gasteiger charge is -2.37. The van der Waals surface area contributed by atoms with Crippen LogP contribution in [0, 0.1) is 12.7 Å². The predicted octanol–water partition coefficient (Wildman–Crippen LogP) is 3.09. The van der Waals surface area contributed by atoms with E-state index >= 15 is 4.39 Å². The molecule has 4 heterocycles. The van der Waals surface area contributed by atoms with Gasteiger partial charge in [0, 0.05) is 47.6 Å². The number of aliphatic hydroxyl groups excluding tert-OH is 1. The average Bonchev–Trinajstić information content (AvgIpc) is 3.32. The fraction of sp³-hybridized carbons (Fsp3) is 0.467. The highest BCUT2D eigenvalue weighted by Gasteiger charge is 2.46. The van der Waals surface area contributed by atoms with E-state index in [1.165, 1.54) is 13.0 Å². The second kappa shape index (κ2) is 10.2. The summed E-state index contributed by atoms with van der Waals surface area (Å²) in [7, 11) is 0. The number of nitrogens with zero attached hydrogens (tertiary/aromatic N) is 3. The molecule has 0 spiro atoms. The third-order valence-electron chi connectivity index (χ3n) is 8.84. The highest BCUT2D eigenvalue weighted by Crippen LogP contribution is 2.47. The van der Waals surface area contributed by atoms with Crippen LogP contribution in [0.15, 0.2) is 16.9 Å². The van der Waals surface area contributed by atoms with Crippen molar-refractivity contribution in [3.8, 4) is 11.4 Å². The van der Waals surface area contributed by atoms with Gasteiger partial charge in [-0.1, -0.05) is 6.92 Å². The summed E-state index contributed by atoms with van der Waals surface area (Å²) in [5.74, 6) is -0.0240. The summed E-state index contributed by atoms with van der Waals surface area (Å²) in [4.78, 5) is 46.1. The maximum atomic E-state index is 15.1. The Labute approximate surface area is 240 Å². The van der Waals surface area contributed by atoms with Crippen molar-refractivity contribution in [3.05, 3.63) is 61.7 Å². The van der Waals surface area contributed by atoms with Crippen LogP contribution in [0.1, 0.15) is 66.1 Å². The van der Waals surface area contributed by atoms with Gasteiger partial charge in [-0.15, -0.1) is 0 Å². The molecule has 2 N–H and O–H groups in total. The first-order valence-electron chi connectivity index (χ1n) is 13.9. The fourth-order valence-electron chi connectivity index (χ4n) is 6.70. The maximum Gasteiger partial charge on any atom is 0.343 e. The maximum absolute atomic E-state index is 15.1. The van der Waals surface area contributed by atoms with E-state index in [-0.39, 0.29) is 60.6 Å². The minimum atomic E-state index is -1.95. The van der Waals surface area contributed by atoms with Crippen LogP contribution >= 0.6 is 11.8 Å². The number of fused-ring (bicyclic) bond motifs is 5. The molecule has 0 bridgehead atoms. The number of pyridine rings is 2. The van der Waals surface area contributed by atoms with Crippen LogP contribution in [0.25, 0.3) is 22.3 Å². The molecule has 3 aromatic rings. The van der Waals surface area contributed by atoms with Crippen LogP contribution in [-0.4, -0.2) is 61.2 Å². The van der Waals surface area contributed by atoms with Gasteiger partial charge in [0.05, 0.1) is 41.7 Å². The predicted molar refractivity (Wildman–Crippen MR) is 152 cm³/mol. The van der Waals surface area contributed by atoms with Crippen LogP contribution in [0.2, 0.25) is 0 Å². The summed E-state index contributed by atoms with van der Waals surface area (Å²) in [6, 6.07) is 2.75. The summed E-state index contributed by atoms with van der Waals surface area (Å²) >= 11 is 1.56. The van der Waals surface area contributed by atoms with Crippen LogP contribution in [-0.2, 0) is 39.5 Å². The highest BCUT2D eigenvalue weighted by molar-refractivity contribution is 7.99. The number of aryl methyl sites for hydroxylation is 1. The molecule has 1 aliphatic carbocycles. The van der Waals surface area contributed by atoms with Crippen molar-refractivity contribution < 1.29 is 28.9 Å². The molecular formula is C30H32FN3O6S. The van der Waals surface area contributed by atoms with Crippen molar-refractivity contribution in [2.24, 2.45) is 0 Å². The molecule has 1 amide bonds. The van der Waals surface area contributed by atoms with Crippen molar-refractivity contribution >= 4 is 34.5 Å². The third-order valence-corrected chi connectivity index (χ3v) is 9.78. The number of carbonyl (C=O) groups is 2. The normalized spacial score (nSPS) is 20.4. The molecule has 2 aromatic heterocycles.